The van der Waals surface area contributed by atoms with E-state index in [0.717, 1.165) is 42.9 Å². The van der Waals surface area contributed by atoms with Crippen LogP contribution in [0, 0.1) is 5.41 Å². The van der Waals surface area contributed by atoms with Crippen molar-refractivity contribution in [2.45, 2.75) is 52.2 Å². The van der Waals surface area contributed by atoms with Gasteiger partial charge in [0.05, 0.1) is 6.54 Å². The van der Waals surface area contributed by atoms with Gasteiger partial charge in [0.15, 0.2) is 0 Å². The number of nitrogens with zero attached hydrogens (tertiary/aromatic N) is 3. The Labute approximate surface area is 124 Å². The highest BCUT2D eigenvalue weighted by molar-refractivity contribution is 6.30. The summed E-state index contributed by atoms with van der Waals surface area (Å²) < 4.78 is 13.2. The van der Waals surface area contributed by atoms with Crippen LogP contribution in [0.15, 0.2) is 0 Å². The summed E-state index contributed by atoms with van der Waals surface area (Å²) in [7, 11) is 0. The summed E-state index contributed by atoms with van der Waals surface area (Å²) in [5.74, 6) is 0.738. The van der Waals surface area contributed by atoms with Crippen LogP contribution in [0.4, 0.5) is 4.39 Å². The van der Waals surface area contributed by atoms with Crippen LogP contribution >= 0.6 is 11.6 Å². The van der Waals surface area contributed by atoms with E-state index in [1.807, 2.05) is 0 Å². The van der Waals surface area contributed by atoms with Crippen molar-refractivity contribution in [2.75, 3.05) is 13.1 Å². The molecule has 20 heavy (non-hydrogen) atoms. The maximum Gasteiger partial charge on any atom is 0.144 e. The van der Waals surface area contributed by atoms with Crippen LogP contribution in [0.5, 0.6) is 0 Å². The van der Waals surface area contributed by atoms with Crippen molar-refractivity contribution < 1.29 is 4.39 Å². The first-order chi connectivity index (χ1) is 9.43. The topological polar surface area (TPSA) is 29.0 Å². The monoisotopic (exact) mass is 297 g/mol. The summed E-state index contributed by atoms with van der Waals surface area (Å²) in [4.78, 5) is 11.2. The predicted octanol–water partition coefficient (Wildman–Crippen LogP) is 3.19. The van der Waals surface area contributed by atoms with Gasteiger partial charge >= 0.3 is 0 Å². The number of hydrogen-bond donors (Lipinski definition) is 0. The molecule has 5 heteroatoms. The summed E-state index contributed by atoms with van der Waals surface area (Å²) >= 11 is 6.35. The van der Waals surface area contributed by atoms with Gasteiger partial charge in [0, 0.05) is 24.3 Å². The first kappa shape index (κ1) is 14.2. The highest BCUT2D eigenvalue weighted by Crippen LogP contribution is 2.36. The van der Waals surface area contributed by atoms with Crippen molar-refractivity contribution in [3.05, 3.63) is 22.2 Å². The van der Waals surface area contributed by atoms with Crippen LogP contribution in [-0.4, -0.2) is 34.1 Å². The molecule has 3 rings (SSSR count). The van der Waals surface area contributed by atoms with E-state index in [2.05, 4.69) is 28.7 Å². The Morgan fingerprint density at radius 2 is 2.20 bits per heavy atom. The van der Waals surface area contributed by atoms with Crippen LogP contribution in [0.2, 0.25) is 5.15 Å². The summed E-state index contributed by atoms with van der Waals surface area (Å²) in [6.45, 7) is 6.39. The summed E-state index contributed by atoms with van der Waals surface area (Å²) in [6.07, 6.45) is 2.95. The summed E-state index contributed by atoms with van der Waals surface area (Å²) in [5, 5.41) is 0.591. The van der Waals surface area contributed by atoms with E-state index in [4.69, 9.17) is 11.6 Å². The molecule has 1 aliphatic heterocycles. The molecule has 2 heterocycles. The number of likely N-dealkylation sites (tertiary alicyclic amines) is 1. The third kappa shape index (κ3) is 2.96. The van der Waals surface area contributed by atoms with E-state index in [9.17, 15) is 4.39 Å². The normalized spacial score (nSPS) is 25.7. The Balaban J connectivity index is 1.80. The van der Waals surface area contributed by atoms with Crippen molar-refractivity contribution in [2.24, 2.45) is 5.41 Å². The van der Waals surface area contributed by atoms with Crippen LogP contribution in [0.1, 0.15) is 43.8 Å². The molecular weight excluding hydrogens is 277 g/mol. The molecule has 110 valence electrons. The zero-order chi connectivity index (χ0) is 14.3. The molecule has 0 radical (unpaired) electrons. The van der Waals surface area contributed by atoms with Gasteiger partial charge in [-0.15, -0.1) is 0 Å². The zero-order valence-electron chi connectivity index (χ0n) is 12.1. The molecule has 0 bridgehead atoms. The molecular formula is C15H21ClFN3. The third-order valence-corrected chi connectivity index (χ3v) is 4.68. The van der Waals surface area contributed by atoms with Crippen molar-refractivity contribution in [3.8, 4) is 0 Å². The molecule has 1 unspecified atom stereocenters. The Morgan fingerprint density at radius 3 is 2.90 bits per heavy atom. The molecule has 1 aromatic heterocycles. The minimum atomic E-state index is -0.705. The molecule has 1 aromatic rings. The highest BCUT2D eigenvalue weighted by atomic mass is 35.5. The van der Waals surface area contributed by atoms with Crippen molar-refractivity contribution in [3.63, 3.8) is 0 Å². The molecule has 1 fully saturated rings. The second-order valence-corrected chi connectivity index (χ2v) is 7.18. The van der Waals surface area contributed by atoms with Gasteiger partial charge in [-0.2, -0.15) is 0 Å². The first-order valence-corrected chi connectivity index (χ1v) is 7.71. The largest absolute Gasteiger partial charge is 0.293 e. The Kier molecular flexibility index (Phi) is 3.71. The lowest BCUT2D eigenvalue weighted by atomic mass is 9.76. The minimum absolute atomic E-state index is 0.276. The van der Waals surface area contributed by atoms with Crippen LogP contribution < -0.4 is 0 Å². The summed E-state index contributed by atoms with van der Waals surface area (Å²) in [6, 6.07) is 0. The Morgan fingerprint density at radius 1 is 1.40 bits per heavy atom. The van der Waals surface area contributed by atoms with Crippen LogP contribution in [-0.2, 0) is 19.4 Å². The molecule has 1 aliphatic carbocycles. The maximum atomic E-state index is 13.2. The average Bonchev–Trinajstić information content (AvgIpc) is 2.75. The lowest BCUT2D eigenvalue weighted by Gasteiger charge is -2.31. The quantitative estimate of drug-likeness (QED) is 0.785. The third-order valence-electron chi connectivity index (χ3n) is 4.36. The van der Waals surface area contributed by atoms with E-state index in [0.29, 0.717) is 24.7 Å². The van der Waals surface area contributed by atoms with Gasteiger partial charge in [-0.1, -0.05) is 25.4 Å². The lowest BCUT2D eigenvalue weighted by Crippen LogP contribution is -2.26. The fourth-order valence-electron chi connectivity index (χ4n) is 3.15. The second kappa shape index (κ2) is 5.23. The lowest BCUT2D eigenvalue weighted by molar-refractivity contribution is 0.275. The van der Waals surface area contributed by atoms with Crippen LogP contribution in [0.25, 0.3) is 0 Å². The van der Waals surface area contributed by atoms with Gasteiger partial charge in [-0.3, -0.25) is 4.90 Å². The number of fused-ring (bicyclic) bond motifs is 1. The van der Waals surface area contributed by atoms with Crippen LogP contribution in [0.3, 0.4) is 0 Å². The zero-order valence-corrected chi connectivity index (χ0v) is 12.9. The smallest absolute Gasteiger partial charge is 0.144 e. The molecule has 0 saturated carbocycles. The first-order valence-electron chi connectivity index (χ1n) is 7.33. The molecule has 0 spiro atoms. The molecule has 0 aromatic carbocycles. The number of alkyl halides is 1. The number of halogens is 2. The number of aromatic nitrogens is 2. The number of hydrogen-bond acceptors (Lipinski definition) is 3. The summed E-state index contributed by atoms with van der Waals surface area (Å²) in [5.41, 5.74) is 2.48. The van der Waals surface area contributed by atoms with Gasteiger partial charge in [-0.25, -0.2) is 14.4 Å². The predicted molar refractivity (Wildman–Crippen MR) is 77.6 cm³/mol. The van der Waals surface area contributed by atoms with Gasteiger partial charge in [-0.05, 0) is 31.1 Å². The molecule has 0 amide bonds. The molecule has 1 atom stereocenters. The van der Waals surface area contributed by atoms with E-state index >= 15 is 0 Å². The standard InChI is InChI=1S/C15H21ClFN3/c1-15(2)5-3-12-11(7-15)14(16)19-13(18-12)9-20-6-4-10(17)8-20/h10H,3-9H2,1-2H3. The molecule has 3 nitrogen and oxygen atoms in total. The average molecular weight is 298 g/mol. The molecule has 0 N–H and O–H groups in total. The van der Waals surface area contributed by atoms with E-state index in [-0.39, 0.29) is 5.41 Å². The van der Waals surface area contributed by atoms with E-state index < -0.39 is 6.17 Å². The fourth-order valence-corrected chi connectivity index (χ4v) is 3.43. The van der Waals surface area contributed by atoms with Crippen molar-refractivity contribution in [1.82, 2.24) is 14.9 Å². The Hall–Kier alpha value is -0.740. The number of aryl methyl sites for hydroxylation is 1. The van der Waals surface area contributed by atoms with Gasteiger partial charge in [0.1, 0.15) is 17.1 Å². The fraction of sp³-hybridized carbons (Fsp3) is 0.733. The van der Waals surface area contributed by atoms with Crippen molar-refractivity contribution >= 4 is 11.6 Å². The molecule has 2 aliphatic rings. The maximum absolute atomic E-state index is 13.2. The van der Waals surface area contributed by atoms with Gasteiger partial charge in [0.2, 0.25) is 0 Å². The Bertz CT molecular complexity index is 518. The van der Waals surface area contributed by atoms with E-state index in [1.165, 1.54) is 0 Å². The van der Waals surface area contributed by atoms with Gasteiger partial charge in [0.25, 0.3) is 0 Å². The van der Waals surface area contributed by atoms with Crippen molar-refractivity contribution in [1.29, 1.82) is 0 Å². The molecule has 1 saturated heterocycles. The minimum Gasteiger partial charge on any atom is -0.293 e. The number of rotatable bonds is 2. The second-order valence-electron chi connectivity index (χ2n) is 6.82. The highest BCUT2D eigenvalue weighted by Gasteiger charge is 2.29. The van der Waals surface area contributed by atoms with Gasteiger partial charge < -0.3 is 0 Å². The SMILES string of the molecule is CC1(C)CCc2nc(CN3CCC(F)C3)nc(Cl)c2C1. The van der Waals surface area contributed by atoms with E-state index in [1.54, 1.807) is 0 Å².